The summed E-state index contributed by atoms with van der Waals surface area (Å²) in [7, 11) is 0. The zero-order chi connectivity index (χ0) is 21.1. The summed E-state index contributed by atoms with van der Waals surface area (Å²) in [5, 5.41) is 0.622. The molecule has 1 heterocycles. The fourth-order valence-corrected chi connectivity index (χ4v) is 3.49. The molecule has 8 heteroatoms. The number of benzene rings is 2. The van der Waals surface area contributed by atoms with E-state index >= 15 is 0 Å². The Bertz CT molecular complexity index is 1020. The average Bonchev–Trinajstić information content (AvgIpc) is 2.67. The second-order valence-electron chi connectivity index (χ2n) is 7.43. The molecule has 0 unspecified atom stereocenters. The third-order valence-electron chi connectivity index (χ3n) is 4.97. The number of aliphatic imine (C=N–C) groups is 2. The molecule has 3 aromatic rings. The Morgan fingerprint density at radius 3 is 1.27 bits per heavy atom. The smallest absolute Gasteiger partial charge is 1.00 e. The normalized spacial score (nSPS) is 10.9. The van der Waals surface area contributed by atoms with Gasteiger partial charge in [-0.05, 0) is 75.9 Å². The average molecular weight is 561 g/mol. The monoisotopic (exact) mass is 559 g/mol. The topological polar surface area (TPSA) is 37.6 Å². The van der Waals surface area contributed by atoms with Gasteiger partial charge in [0, 0.05) is 5.02 Å². The fraction of sp³-hybridized carbons (Fsp3) is 0.240. The van der Waals surface area contributed by atoms with Gasteiger partial charge in [0.25, 0.3) is 0 Å². The molecule has 0 saturated carbocycles. The summed E-state index contributed by atoms with van der Waals surface area (Å²) in [5.74, 6) is 0. The number of halogens is 4. The Labute approximate surface area is 232 Å². The van der Waals surface area contributed by atoms with Gasteiger partial charge in [0.15, 0.2) is 0 Å². The van der Waals surface area contributed by atoms with Crippen molar-refractivity contribution in [2.45, 2.75) is 41.5 Å². The van der Waals surface area contributed by atoms with E-state index < -0.39 is 0 Å². The molecule has 3 rings (SSSR count). The first kappa shape index (κ1) is 33.8. The maximum Gasteiger partial charge on any atom is 3.00 e. The van der Waals surface area contributed by atoms with Crippen LogP contribution in [0.2, 0.25) is 5.02 Å². The molecule has 0 amide bonds. The van der Waals surface area contributed by atoms with Crippen LogP contribution in [0.25, 0.3) is 0 Å². The van der Waals surface area contributed by atoms with Gasteiger partial charge in [-0.25, -0.2) is 4.98 Å². The number of aromatic nitrogens is 1. The van der Waals surface area contributed by atoms with Gasteiger partial charge in [0.05, 0.1) is 34.2 Å². The van der Waals surface area contributed by atoms with Crippen molar-refractivity contribution in [3.63, 3.8) is 0 Å². The van der Waals surface area contributed by atoms with E-state index in [0.29, 0.717) is 5.02 Å². The van der Waals surface area contributed by atoms with Gasteiger partial charge in [0.2, 0.25) is 0 Å². The second-order valence-corrected chi connectivity index (χ2v) is 7.87. The van der Waals surface area contributed by atoms with Crippen LogP contribution in [0.4, 0.5) is 11.4 Å². The summed E-state index contributed by atoms with van der Waals surface area (Å²) in [6.45, 7) is 12.2. The van der Waals surface area contributed by atoms with Crippen LogP contribution in [0.5, 0.6) is 0 Å². The van der Waals surface area contributed by atoms with Gasteiger partial charge in [-0.15, -0.1) is 0 Å². The summed E-state index contributed by atoms with van der Waals surface area (Å²) in [6.07, 6.45) is 0. The van der Waals surface area contributed by atoms with Crippen LogP contribution in [-0.2, 0) is 18.6 Å². The Kier molecular flexibility index (Phi) is 15.2. The molecule has 0 aliphatic heterocycles. The minimum atomic E-state index is 0. The van der Waals surface area contributed by atoms with Crippen LogP contribution in [-0.4, -0.2) is 16.4 Å². The van der Waals surface area contributed by atoms with Crippen LogP contribution < -0.4 is 37.2 Å². The number of para-hydroxylation sites is 2. The molecule has 33 heavy (non-hydrogen) atoms. The molecular formula is C25H26Cl4N3V. The van der Waals surface area contributed by atoms with E-state index in [4.69, 9.17) is 26.6 Å². The van der Waals surface area contributed by atoms with Gasteiger partial charge in [0.1, 0.15) is 0 Å². The molecule has 0 radical (unpaired) electrons. The molecule has 2 aromatic carbocycles. The summed E-state index contributed by atoms with van der Waals surface area (Å²) in [4.78, 5) is 14.5. The molecule has 0 bridgehead atoms. The third-order valence-corrected chi connectivity index (χ3v) is 5.19. The van der Waals surface area contributed by atoms with Crippen molar-refractivity contribution in [1.29, 1.82) is 0 Å². The van der Waals surface area contributed by atoms with E-state index in [1.165, 1.54) is 0 Å². The Hall–Kier alpha value is -1.33. The summed E-state index contributed by atoms with van der Waals surface area (Å²) >= 11 is 6.42. The van der Waals surface area contributed by atoms with E-state index in [1.54, 1.807) is 0 Å². The van der Waals surface area contributed by atoms with E-state index in [1.807, 2.05) is 38.1 Å². The molecule has 3 nitrogen and oxygen atoms in total. The molecule has 174 valence electrons. The van der Waals surface area contributed by atoms with E-state index in [-0.39, 0.29) is 55.8 Å². The number of pyridine rings is 1. The van der Waals surface area contributed by atoms with Crippen molar-refractivity contribution in [3.05, 3.63) is 87.2 Å². The summed E-state index contributed by atoms with van der Waals surface area (Å²) in [5.41, 5.74) is 9.68. The second kappa shape index (κ2) is 14.8. The minimum Gasteiger partial charge on any atom is -1.00 e. The number of aryl methyl sites for hydroxylation is 4. The van der Waals surface area contributed by atoms with E-state index in [2.05, 4.69) is 52.0 Å². The fourth-order valence-electron chi connectivity index (χ4n) is 3.28. The molecular weight excluding hydrogens is 535 g/mol. The van der Waals surface area contributed by atoms with Crippen molar-refractivity contribution < 1.29 is 55.8 Å². The van der Waals surface area contributed by atoms with Crippen molar-refractivity contribution >= 4 is 34.4 Å². The summed E-state index contributed by atoms with van der Waals surface area (Å²) in [6, 6.07) is 16.1. The molecule has 0 saturated heterocycles. The molecule has 0 N–H and O–H groups in total. The van der Waals surface area contributed by atoms with Gasteiger partial charge in [-0.2, -0.15) is 0 Å². The molecule has 0 aliphatic carbocycles. The number of nitrogens with zero attached hydrogens (tertiary/aromatic N) is 3. The Morgan fingerprint density at radius 2 is 0.970 bits per heavy atom. The predicted octanol–water partition coefficient (Wildman–Crippen LogP) is -1.74. The summed E-state index contributed by atoms with van der Waals surface area (Å²) < 4.78 is 0. The Balaban J connectivity index is 0. The van der Waals surface area contributed by atoms with Crippen LogP contribution >= 0.6 is 11.6 Å². The largest absolute Gasteiger partial charge is 3.00 e. The van der Waals surface area contributed by atoms with E-state index in [0.717, 1.165) is 56.4 Å². The van der Waals surface area contributed by atoms with Crippen LogP contribution in [0.3, 0.4) is 0 Å². The van der Waals surface area contributed by atoms with Crippen molar-refractivity contribution in [2.24, 2.45) is 9.98 Å². The van der Waals surface area contributed by atoms with Crippen molar-refractivity contribution in [3.8, 4) is 0 Å². The van der Waals surface area contributed by atoms with Crippen molar-refractivity contribution in [2.75, 3.05) is 0 Å². The quantitative estimate of drug-likeness (QED) is 0.349. The van der Waals surface area contributed by atoms with Crippen LogP contribution in [0.1, 0.15) is 47.5 Å². The zero-order valence-electron chi connectivity index (χ0n) is 19.4. The van der Waals surface area contributed by atoms with Crippen LogP contribution in [0.15, 0.2) is 58.5 Å². The molecule has 0 fully saturated rings. The molecule has 0 aliphatic rings. The third kappa shape index (κ3) is 8.44. The SMILES string of the molecule is CC(=Nc1c(C)cccc1C)c1cc(Cl)cc(C(C)=Nc2c(C)cccc2C)n1.[Cl-].[Cl-].[Cl-].[V+3]. The van der Waals surface area contributed by atoms with Gasteiger partial charge in [-0.1, -0.05) is 48.0 Å². The molecule has 0 spiro atoms. The van der Waals surface area contributed by atoms with Crippen molar-refractivity contribution in [1.82, 2.24) is 4.98 Å². The first-order valence-electron chi connectivity index (χ1n) is 9.67. The number of hydrogen-bond donors (Lipinski definition) is 0. The first-order valence-corrected chi connectivity index (χ1v) is 10.1. The molecule has 0 atom stereocenters. The standard InChI is InChI=1S/C25H26ClN3.3ClH.V/c1-15-9-7-10-16(2)24(15)27-19(5)22-13-21(26)14-23(29-22)20(6)28-25-17(3)11-8-12-18(25)4;;;;/h7-14H,1-6H3;3*1H;/q;;;;+3/p-3. The minimum absolute atomic E-state index is 0. The maximum atomic E-state index is 6.42. The first-order chi connectivity index (χ1) is 13.8. The Morgan fingerprint density at radius 1 is 0.667 bits per heavy atom. The molecule has 1 aromatic heterocycles. The van der Waals surface area contributed by atoms with Gasteiger partial charge in [-0.3, -0.25) is 9.98 Å². The predicted molar refractivity (Wildman–Crippen MR) is 125 cm³/mol. The number of hydrogen-bond acceptors (Lipinski definition) is 3. The maximum absolute atomic E-state index is 6.42. The zero-order valence-corrected chi connectivity index (χ0v) is 23.8. The van der Waals surface area contributed by atoms with Crippen LogP contribution in [0, 0.1) is 27.7 Å². The van der Waals surface area contributed by atoms with Gasteiger partial charge >= 0.3 is 18.6 Å². The van der Waals surface area contributed by atoms with Gasteiger partial charge < -0.3 is 37.2 Å². The number of rotatable bonds is 4. The van der Waals surface area contributed by atoms with E-state index in [9.17, 15) is 0 Å².